The number of carbonyl (C=O) groups excluding carboxylic acids is 1. The standard InChI is InChI=1S/C12H10F3N3O/c1-18-7-8(6-16-18)11(19)17-10-4-2-3-9(5-10)12(13,14)15/h2-7H,1H3,(H,17,19). The number of halogens is 3. The summed E-state index contributed by atoms with van der Waals surface area (Å²) < 4.78 is 38.9. The summed E-state index contributed by atoms with van der Waals surface area (Å²) in [5.41, 5.74) is -0.444. The molecule has 1 aromatic carbocycles. The highest BCUT2D eigenvalue weighted by molar-refractivity contribution is 6.03. The maximum absolute atomic E-state index is 12.5. The third kappa shape index (κ3) is 3.12. The quantitative estimate of drug-likeness (QED) is 0.911. The number of amides is 1. The van der Waals surface area contributed by atoms with Gasteiger partial charge >= 0.3 is 6.18 Å². The second-order valence-electron chi connectivity index (χ2n) is 3.94. The van der Waals surface area contributed by atoms with Gasteiger partial charge in [0.1, 0.15) is 0 Å². The minimum atomic E-state index is -4.44. The van der Waals surface area contributed by atoms with E-state index in [0.717, 1.165) is 12.1 Å². The molecule has 1 aromatic heterocycles. The number of benzene rings is 1. The highest BCUT2D eigenvalue weighted by atomic mass is 19.4. The second kappa shape index (κ2) is 4.75. The lowest BCUT2D eigenvalue weighted by atomic mass is 10.2. The first-order valence-electron chi connectivity index (χ1n) is 5.33. The summed E-state index contributed by atoms with van der Waals surface area (Å²) >= 11 is 0. The highest BCUT2D eigenvalue weighted by Gasteiger charge is 2.30. The topological polar surface area (TPSA) is 46.9 Å². The zero-order chi connectivity index (χ0) is 14.0. The molecule has 0 aliphatic rings. The van der Waals surface area contributed by atoms with Crippen LogP contribution in [0, 0.1) is 0 Å². The number of alkyl halides is 3. The summed E-state index contributed by atoms with van der Waals surface area (Å²) in [6, 6.07) is 4.46. The van der Waals surface area contributed by atoms with Crippen LogP contribution in [0.5, 0.6) is 0 Å². The van der Waals surface area contributed by atoms with Gasteiger partial charge in [0.2, 0.25) is 0 Å². The average molecular weight is 269 g/mol. The maximum atomic E-state index is 12.5. The lowest BCUT2D eigenvalue weighted by molar-refractivity contribution is -0.137. The molecular weight excluding hydrogens is 259 g/mol. The van der Waals surface area contributed by atoms with Gasteiger partial charge < -0.3 is 5.32 Å². The Morgan fingerprint density at radius 2 is 2.11 bits per heavy atom. The largest absolute Gasteiger partial charge is 0.416 e. The van der Waals surface area contributed by atoms with Gasteiger partial charge in [0.15, 0.2) is 0 Å². The van der Waals surface area contributed by atoms with E-state index in [1.807, 2.05) is 0 Å². The smallest absolute Gasteiger partial charge is 0.322 e. The van der Waals surface area contributed by atoms with Gasteiger partial charge in [0, 0.05) is 18.9 Å². The second-order valence-corrected chi connectivity index (χ2v) is 3.94. The molecular formula is C12H10F3N3O. The molecule has 0 bridgehead atoms. The Balaban J connectivity index is 2.18. The molecule has 0 radical (unpaired) electrons. The summed E-state index contributed by atoms with van der Waals surface area (Å²) in [4.78, 5) is 11.7. The van der Waals surface area contributed by atoms with Crippen molar-refractivity contribution < 1.29 is 18.0 Å². The summed E-state index contributed by atoms with van der Waals surface area (Å²) in [6.45, 7) is 0. The molecule has 2 rings (SSSR count). The Morgan fingerprint density at radius 1 is 1.37 bits per heavy atom. The van der Waals surface area contributed by atoms with Crippen molar-refractivity contribution in [3.05, 3.63) is 47.8 Å². The van der Waals surface area contributed by atoms with Crippen molar-refractivity contribution in [2.75, 3.05) is 5.32 Å². The van der Waals surface area contributed by atoms with Crippen LogP contribution in [-0.2, 0) is 13.2 Å². The van der Waals surface area contributed by atoms with E-state index in [9.17, 15) is 18.0 Å². The molecule has 0 saturated heterocycles. The zero-order valence-electron chi connectivity index (χ0n) is 9.90. The summed E-state index contributed by atoms with van der Waals surface area (Å²) in [5.74, 6) is -0.507. The molecule has 0 aliphatic carbocycles. The normalized spacial score (nSPS) is 11.4. The molecule has 0 fully saturated rings. The van der Waals surface area contributed by atoms with Gasteiger partial charge in [0.25, 0.3) is 5.91 Å². The number of aryl methyl sites for hydroxylation is 1. The van der Waals surface area contributed by atoms with Crippen molar-refractivity contribution in [1.82, 2.24) is 9.78 Å². The van der Waals surface area contributed by atoms with Crippen molar-refractivity contribution >= 4 is 11.6 Å². The molecule has 2 aromatic rings. The minimum absolute atomic E-state index is 0.0867. The van der Waals surface area contributed by atoms with Crippen molar-refractivity contribution in [3.63, 3.8) is 0 Å². The van der Waals surface area contributed by atoms with Gasteiger partial charge in [-0.25, -0.2) is 0 Å². The summed E-state index contributed by atoms with van der Waals surface area (Å²) in [7, 11) is 1.64. The fourth-order valence-corrected chi connectivity index (χ4v) is 1.52. The fourth-order valence-electron chi connectivity index (χ4n) is 1.52. The molecule has 1 N–H and O–H groups in total. The van der Waals surface area contributed by atoms with E-state index in [1.165, 1.54) is 29.2 Å². The van der Waals surface area contributed by atoms with E-state index in [2.05, 4.69) is 10.4 Å². The van der Waals surface area contributed by atoms with Gasteiger partial charge in [-0.2, -0.15) is 18.3 Å². The van der Waals surface area contributed by atoms with Gasteiger partial charge in [-0.1, -0.05) is 6.07 Å². The van der Waals surface area contributed by atoms with Crippen LogP contribution in [0.2, 0.25) is 0 Å². The number of carbonyl (C=O) groups is 1. The molecule has 1 amide bonds. The molecule has 7 heteroatoms. The van der Waals surface area contributed by atoms with Gasteiger partial charge in [0.05, 0.1) is 17.3 Å². The maximum Gasteiger partial charge on any atom is 0.416 e. The predicted molar refractivity (Wildman–Crippen MR) is 62.6 cm³/mol. The van der Waals surface area contributed by atoms with Crippen LogP contribution in [0.15, 0.2) is 36.7 Å². The molecule has 0 saturated carbocycles. The van der Waals surface area contributed by atoms with Crippen molar-refractivity contribution in [3.8, 4) is 0 Å². The molecule has 4 nitrogen and oxygen atoms in total. The predicted octanol–water partition coefficient (Wildman–Crippen LogP) is 2.69. The Kier molecular flexibility index (Phi) is 3.28. The first kappa shape index (κ1) is 13.1. The van der Waals surface area contributed by atoms with Crippen molar-refractivity contribution in [2.24, 2.45) is 7.05 Å². The first-order chi connectivity index (χ1) is 8.86. The van der Waals surface area contributed by atoms with Gasteiger partial charge in [-0.3, -0.25) is 9.48 Å². The Labute approximate surface area is 106 Å². The lowest BCUT2D eigenvalue weighted by Crippen LogP contribution is -2.12. The Morgan fingerprint density at radius 3 is 2.68 bits per heavy atom. The SMILES string of the molecule is Cn1cc(C(=O)Nc2cccc(C(F)(F)F)c2)cn1. The van der Waals surface area contributed by atoms with Crippen molar-refractivity contribution in [2.45, 2.75) is 6.18 Å². The lowest BCUT2D eigenvalue weighted by Gasteiger charge is -2.09. The number of aromatic nitrogens is 2. The van der Waals surface area contributed by atoms with Crippen LogP contribution in [-0.4, -0.2) is 15.7 Å². The van der Waals surface area contributed by atoms with Gasteiger partial charge in [-0.15, -0.1) is 0 Å². The van der Waals surface area contributed by atoms with E-state index in [0.29, 0.717) is 0 Å². The number of anilines is 1. The van der Waals surface area contributed by atoms with Crippen LogP contribution >= 0.6 is 0 Å². The van der Waals surface area contributed by atoms with E-state index >= 15 is 0 Å². The zero-order valence-corrected chi connectivity index (χ0v) is 9.90. The van der Waals surface area contributed by atoms with Crippen LogP contribution in [0.4, 0.5) is 18.9 Å². The number of rotatable bonds is 2. The third-order valence-corrected chi connectivity index (χ3v) is 2.41. The average Bonchev–Trinajstić information content (AvgIpc) is 2.75. The van der Waals surface area contributed by atoms with Crippen LogP contribution in [0.1, 0.15) is 15.9 Å². The Bertz CT molecular complexity index is 604. The number of nitrogens with zero attached hydrogens (tertiary/aromatic N) is 2. The fraction of sp³-hybridized carbons (Fsp3) is 0.167. The molecule has 0 atom stereocenters. The molecule has 100 valence electrons. The number of hydrogen-bond acceptors (Lipinski definition) is 2. The molecule has 0 spiro atoms. The van der Waals surface area contributed by atoms with E-state index in [1.54, 1.807) is 7.05 Å². The van der Waals surface area contributed by atoms with Gasteiger partial charge in [-0.05, 0) is 18.2 Å². The van der Waals surface area contributed by atoms with Crippen LogP contribution in [0.3, 0.4) is 0 Å². The van der Waals surface area contributed by atoms with E-state index in [4.69, 9.17) is 0 Å². The van der Waals surface area contributed by atoms with Crippen molar-refractivity contribution in [1.29, 1.82) is 0 Å². The monoisotopic (exact) mass is 269 g/mol. The third-order valence-electron chi connectivity index (χ3n) is 2.41. The van der Waals surface area contributed by atoms with Crippen LogP contribution < -0.4 is 5.32 Å². The molecule has 19 heavy (non-hydrogen) atoms. The molecule has 0 unspecified atom stereocenters. The minimum Gasteiger partial charge on any atom is -0.322 e. The first-order valence-corrected chi connectivity index (χ1v) is 5.33. The van der Waals surface area contributed by atoms with Crippen LogP contribution in [0.25, 0.3) is 0 Å². The molecule has 1 heterocycles. The number of nitrogens with one attached hydrogen (secondary N) is 1. The number of hydrogen-bond donors (Lipinski definition) is 1. The Hall–Kier alpha value is -2.31. The van der Waals surface area contributed by atoms with E-state index in [-0.39, 0.29) is 11.3 Å². The highest BCUT2D eigenvalue weighted by Crippen LogP contribution is 2.30. The summed E-state index contributed by atoms with van der Waals surface area (Å²) in [6.07, 6.45) is -1.62. The molecule has 0 aliphatic heterocycles. The summed E-state index contributed by atoms with van der Waals surface area (Å²) in [5, 5.41) is 6.20. The van der Waals surface area contributed by atoms with E-state index < -0.39 is 17.6 Å².